The monoisotopic (exact) mass is 289 g/mol. The first-order chi connectivity index (χ1) is 10.1. The lowest BCUT2D eigenvalue weighted by Crippen LogP contribution is -2.48. The van der Waals surface area contributed by atoms with Crippen molar-refractivity contribution in [3.05, 3.63) is 23.8 Å². The number of carbonyl (C=O) groups is 2. The number of benzene rings is 1. The molecule has 0 spiro atoms. The average molecular weight is 289 g/mol. The average Bonchev–Trinajstić information content (AvgIpc) is 2.88. The lowest BCUT2D eigenvalue weighted by atomic mass is 9.90. The van der Waals surface area contributed by atoms with Crippen LogP contribution in [0.1, 0.15) is 23.2 Å². The maximum Gasteiger partial charge on any atom is 0.260 e. The summed E-state index contributed by atoms with van der Waals surface area (Å²) in [6.07, 6.45) is 1.66. The van der Waals surface area contributed by atoms with Crippen molar-refractivity contribution in [3.63, 3.8) is 0 Å². The van der Waals surface area contributed by atoms with Crippen molar-refractivity contribution >= 4 is 17.5 Å². The summed E-state index contributed by atoms with van der Waals surface area (Å²) in [6, 6.07) is 5.09. The molecule has 3 N–H and O–H groups in total. The maximum absolute atomic E-state index is 12.9. The Kier molecular flexibility index (Phi) is 3.45. The number of piperidine rings is 1. The fourth-order valence-corrected chi connectivity index (χ4v) is 3.29. The van der Waals surface area contributed by atoms with Crippen LogP contribution in [-0.4, -0.2) is 43.0 Å². The van der Waals surface area contributed by atoms with Gasteiger partial charge < -0.3 is 20.7 Å². The molecule has 2 unspecified atom stereocenters. The van der Waals surface area contributed by atoms with E-state index in [1.165, 1.54) is 7.11 Å². The molecule has 3 rings (SSSR count). The van der Waals surface area contributed by atoms with Gasteiger partial charge in [0.15, 0.2) is 0 Å². The molecule has 0 saturated carbocycles. The van der Waals surface area contributed by atoms with Crippen LogP contribution in [0.5, 0.6) is 5.75 Å². The summed E-state index contributed by atoms with van der Waals surface area (Å²) in [7, 11) is 1.52. The molecule has 0 aliphatic carbocycles. The van der Waals surface area contributed by atoms with Crippen molar-refractivity contribution in [3.8, 4) is 5.75 Å². The van der Waals surface area contributed by atoms with Crippen LogP contribution in [0.15, 0.2) is 18.2 Å². The lowest BCUT2D eigenvalue weighted by Gasteiger charge is -2.36. The second-order valence-electron chi connectivity index (χ2n) is 5.48. The zero-order valence-electron chi connectivity index (χ0n) is 12.0. The normalized spacial score (nSPS) is 24.4. The van der Waals surface area contributed by atoms with Crippen molar-refractivity contribution in [1.82, 2.24) is 10.2 Å². The third-order valence-electron chi connectivity index (χ3n) is 4.35. The van der Waals surface area contributed by atoms with Crippen LogP contribution in [-0.2, 0) is 4.79 Å². The first-order valence-corrected chi connectivity index (χ1v) is 7.14. The van der Waals surface area contributed by atoms with Gasteiger partial charge in [-0.1, -0.05) is 6.07 Å². The predicted octanol–water partition coefficient (Wildman–Crippen LogP) is 0.628. The summed E-state index contributed by atoms with van der Waals surface area (Å²) < 4.78 is 5.26. The number of fused-ring (bicyclic) bond motifs is 1. The highest BCUT2D eigenvalue weighted by Gasteiger charge is 2.43. The minimum Gasteiger partial charge on any atom is -0.496 e. The quantitative estimate of drug-likeness (QED) is 0.782. The maximum atomic E-state index is 12.9. The molecule has 2 saturated heterocycles. The van der Waals surface area contributed by atoms with Gasteiger partial charge in [0.25, 0.3) is 5.91 Å². The summed E-state index contributed by atoms with van der Waals surface area (Å²) >= 11 is 0. The van der Waals surface area contributed by atoms with Crippen LogP contribution in [0.2, 0.25) is 0 Å². The van der Waals surface area contributed by atoms with E-state index in [1.54, 1.807) is 23.1 Å². The fourth-order valence-electron chi connectivity index (χ4n) is 3.29. The Bertz CT molecular complexity index is 588. The smallest absolute Gasteiger partial charge is 0.260 e. The summed E-state index contributed by atoms with van der Waals surface area (Å²) in [5.74, 6) is 0.264. The van der Waals surface area contributed by atoms with Crippen LogP contribution in [0.3, 0.4) is 0 Å². The summed E-state index contributed by atoms with van der Waals surface area (Å²) in [6.45, 7) is 1.16. The molecule has 2 fully saturated rings. The summed E-state index contributed by atoms with van der Waals surface area (Å²) in [4.78, 5) is 26.4. The number of ether oxygens (including phenoxy) is 1. The number of nitrogens with two attached hydrogens (primary N) is 1. The molecular formula is C15H19N3O3. The Morgan fingerprint density at radius 2 is 2.29 bits per heavy atom. The zero-order valence-corrected chi connectivity index (χ0v) is 12.0. The Labute approximate surface area is 123 Å². The highest BCUT2D eigenvalue weighted by Crippen LogP contribution is 2.32. The first-order valence-electron chi connectivity index (χ1n) is 7.14. The number of anilines is 1. The Morgan fingerprint density at radius 3 is 3.05 bits per heavy atom. The number of carbonyl (C=O) groups excluding carboxylic acids is 2. The molecule has 6 nitrogen and oxygen atoms in total. The van der Waals surface area contributed by atoms with E-state index >= 15 is 0 Å². The van der Waals surface area contributed by atoms with Gasteiger partial charge in [-0.05, 0) is 25.0 Å². The van der Waals surface area contributed by atoms with E-state index in [0.29, 0.717) is 30.1 Å². The first kappa shape index (κ1) is 13.7. The highest BCUT2D eigenvalue weighted by atomic mass is 16.5. The predicted molar refractivity (Wildman–Crippen MR) is 78.0 cm³/mol. The van der Waals surface area contributed by atoms with Gasteiger partial charge in [-0.2, -0.15) is 0 Å². The van der Waals surface area contributed by atoms with E-state index in [4.69, 9.17) is 10.5 Å². The molecule has 0 bridgehead atoms. The van der Waals surface area contributed by atoms with Gasteiger partial charge in [-0.25, -0.2) is 0 Å². The highest BCUT2D eigenvalue weighted by molar-refractivity contribution is 6.02. The van der Waals surface area contributed by atoms with E-state index in [0.717, 1.165) is 12.8 Å². The number of methoxy groups -OCH3 is 1. The fraction of sp³-hybridized carbons (Fsp3) is 0.467. The van der Waals surface area contributed by atoms with E-state index in [-0.39, 0.29) is 23.8 Å². The van der Waals surface area contributed by atoms with Gasteiger partial charge in [-0.3, -0.25) is 9.59 Å². The zero-order chi connectivity index (χ0) is 15.0. The topological polar surface area (TPSA) is 84.7 Å². The van der Waals surface area contributed by atoms with Crippen LogP contribution in [0, 0.1) is 5.92 Å². The van der Waals surface area contributed by atoms with Gasteiger partial charge in [-0.15, -0.1) is 0 Å². The molecule has 1 aromatic carbocycles. The summed E-state index contributed by atoms with van der Waals surface area (Å²) in [5, 5.41) is 2.85. The van der Waals surface area contributed by atoms with Crippen LogP contribution in [0.25, 0.3) is 0 Å². The van der Waals surface area contributed by atoms with Gasteiger partial charge in [0.1, 0.15) is 11.3 Å². The van der Waals surface area contributed by atoms with Crippen LogP contribution < -0.4 is 15.8 Å². The molecule has 2 aliphatic rings. The standard InChI is InChI=1S/C15H19N3O3/c1-21-12-6-2-5-10(16)13(12)15(20)18-7-3-4-9-11(18)8-17-14(9)19/h2,5-6,9,11H,3-4,7-8,16H2,1H3,(H,17,19). The molecule has 0 aromatic heterocycles. The molecule has 21 heavy (non-hydrogen) atoms. The van der Waals surface area contributed by atoms with Crippen molar-refractivity contribution in [1.29, 1.82) is 0 Å². The number of hydrogen-bond acceptors (Lipinski definition) is 4. The van der Waals surface area contributed by atoms with Gasteiger partial charge in [0.2, 0.25) is 5.91 Å². The minimum absolute atomic E-state index is 0.0468. The van der Waals surface area contributed by atoms with Gasteiger partial charge in [0.05, 0.1) is 19.1 Å². The number of amides is 2. The van der Waals surface area contributed by atoms with E-state index in [9.17, 15) is 9.59 Å². The Balaban J connectivity index is 1.93. The molecule has 2 aliphatic heterocycles. The molecule has 0 radical (unpaired) electrons. The van der Waals surface area contributed by atoms with Crippen molar-refractivity contribution in [2.75, 3.05) is 25.9 Å². The number of likely N-dealkylation sites (tertiary alicyclic amines) is 1. The Hall–Kier alpha value is -2.24. The molecular weight excluding hydrogens is 270 g/mol. The van der Waals surface area contributed by atoms with Crippen LogP contribution >= 0.6 is 0 Å². The second kappa shape index (κ2) is 5.27. The number of hydrogen-bond donors (Lipinski definition) is 2. The van der Waals surface area contributed by atoms with Crippen LogP contribution in [0.4, 0.5) is 5.69 Å². The number of nitrogen functional groups attached to an aromatic ring is 1. The number of nitrogens with one attached hydrogen (secondary N) is 1. The largest absolute Gasteiger partial charge is 0.496 e. The van der Waals surface area contributed by atoms with Crippen molar-refractivity contribution in [2.24, 2.45) is 5.92 Å². The molecule has 6 heteroatoms. The molecule has 2 atom stereocenters. The summed E-state index contributed by atoms with van der Waals surface area (Å²) in [5.41, 5.74) is 6.75. The molecule has 1 aromatic rings. The van der Waals surface area contributed by atoms with Crippen molar-refractivity contribution in [2.45, 2.75) is 18.9 Å². The van der Waals surface area contributed by atoms with E-state index in [1.807, 2.05) is 0 Å². The van der Waals surface area contributed by atoms with Gasteiger partial charge in [0, 0.05) is 18.8 Å². The lowest BCUT2D eigenvalue weighted by molar-refractivity contribution is -0.123. The third-order valence-corrected chi connectivity index (χ3v) is 4.35. The minimum atomic E-state index is -0.156. The van der Waals surface area contributed by atoms with Gasteiger partial charge >= 0.3 is 0 Å². The molecule has 2 amide bonds. The van der Waals surface area contributed by atoms with Crippen molar-refractivity contribution < 1.29 is 14.3 Å². The number of rotatable bonds is 2. The molecule has 2 heterocycles. The van der Waals surface area contributed by atoms with E-state index in [2.05, 4.69) is 5.32 Å². The third kappa shape index (κ3) is 2.20. The molecule has 112 valence electrons. The Morgan fingerprint density at radius 1 is 1.48 bits per heavy atom. The van der Waals surface area contributed by atoms with E-state index < -0.39 is 0 Å². The SMILES string of the molecule is COc1cccc(N)c1C(=O)N1CCCC2C(=O)NCC21. The number of nitrogens with zero attached hydrogens (tertiary/aromatic N) is 1. The second-order valence-corrected chi connectivity index (χ2v) is 5.48.